The molecule has 5 heteroatoms. The van der Waals surface area contributed by atoms with Crippen molar-refractivity contribution in [2.75, 3.05) is 19.5 Å². The zero-order valence-corrected chi connectivity index (χ0v) is 15.0. The molecular formula is C19H27N3O2. The summed E-state index contributed by atoms with van der Waals surface area (Å²) in [4.78, 5) is 0. The third-order valence-electron chi connectivity index (χ3n) is 4.23. The first-order valence-electron chi connectivity index (χ1n) is 8.49. The monoisotopic (exact) mass is 329 g/mol. The van der Waals surface area contributed by atoms with Gasteiger partial charge in [0.1, 0.15) is 17.3 Å². The van der Waals surface area contributed by atoms with Gasteiger partial charge in [-0.1, -0.05) is 20.3 Å². The Kier molecular flexibility index (Phi) is 6.85. The Hall–Kier alpha value is -2.30. The zero-order chi connectivity index (χ0) is 17.4. The summed E-state index contributed by atoms with van der Waals surface area (Å²) in [5.74, 6) is 2.91. The van der Waals surface area contributed by atoms with Crippen molar-refractivity contribution in [1.82, 2.24) is 10.2 Å². The lowest BCUT2D eigenvalue weighted by atomic mass is 9.94. The Bertz CT molecular complexity index is 646. The molecule has 2 aromatic rings. The molecule has 130 valence electrons. The Morgan fingerprint density at radius 3 is 2.62 bits per heavy atom. The number of aromatic nitrogens is 2. The van der Waals surface area contributed by atoms with E-state index < -0.39 is 0 Å². The molecule has 2 rings (SSSR count). The molecule has 24 heavy (non-hydrogen) atoms. The molecule has 5 nitrogen and oxygen atoms in total. The molecule has 0 aliphatic heterocycles. The maximum Gasteiger partial charge on any atom is 0.149 e. The molecule has 0 saturated heterocycles. The fourth-order valence-corrected chi connectivity index (χ4v) is 2.83. The third kappa shape index (κ3) is 4.60. The minimum Gasteiger partial charge on any atom is -0.497 e. The highest BCUT2D eigenvalue weighted by Crippen LogP contribution is 2.27. The maximum atomic E-state index is 5.43. The van der Waals surface area contributed by atoms with Gasteiger partial charge in [-0.2, -0.15) is 5.10 Å². The fraction of sp³-hybridized carbons (Fsp3) is 0.474. The molecular weight excluding hydrogens is 302 g/mol. The lowest BCUT2D eigenvalue weighted by Gasteiger charge is -2.15. The molecule has 0 aliphatic rings. The molecule has 1 aromatic heterocycles. The van der Waals surface area contributed by atoms with Crippen LogP contribution >= 0.6 is 0 Å². The summed E-state index contributed by atoms with van der Waals surface area (Å²) in [6, 6.07) is 7.91. The molecule has 0 saturated carbocycles. The lowest BCUT2D eigenvalue weighted by Crippen LogP contribution is -2.06. The molecule has 0 aliphatic carbocycles. The van der Waals surface area contributed by atoms with Crippen LogP contribution < -0.4 is 14.8 Å². The number of hydrogen-bond donors (Lipinski definition) is 1. The van der Waals surface area contributed by atoms with Gasteiger partial charge in [-0.15, -0.1) is 5.10 Å². The Morgan fingerprint density at radius 1 is 1.12 bits per heavy atom. The summed E-state index contributed by atoms with van der Waals surface area (Å²) in [7, 11) is 3.31. The van der Waals surface area contributed by atoms with Crippen LogP contribution in [-0.2, 0) is 6.54 Å². The largest absolute Gasteiger partial charge is 0.497 e. The number of nitrogens with zero attached hydrogens (tertiary/aromatic N) is 2. The highest BCUT2D eigenvalue weighted by atomic mass is 16.5. The van der Waals surface area contributed by atoms with E-state index in [9.17, 15) is 0 Å². The molecule has 1 aromatic carbocycles. The van der Waals surface area contributed by atoms with Crippen molar-refractivity contribution in [2.45, 2.75) is 45.6 Å². The second-order valence-electron chi connectivity index (χ2n) is 5.80. The smallest absolute Gasteiger partial charge is 0.149 e. The van der Waals surface area contributed by atoms with Crippen LogP contribution in [0.15, 0.2) is 30.5 Å². The van der Waals surface area contributed by atoms with Gasteiger partial charge in [-0.3, -0.25) is 0 Å². The standard InChI is InChI=1S/C19H27N3O2/c1-5-7-14(6-2)16-10-19(22-21-13-16)20-12-15-8-9-17(23-3)11-18(15)24-4/h8-11,13-14H,5-7,12H2,1-4H3,(H,20,22). The number of nitrogens with one attached hydrogen (secondary N) is 1. The molecule has 0 bridgehead atoms. The van der Waals surface area contributed by atoms with E-state index in [0.29, 0.717) is 12.5 Å². The summed E-state index contributed by atoms with van der Waals surface area (Å²) in [5.41, 5.74) is 2.30. The Morgan fingerprint density at radius 2 is 1.96 bits per heavy atom. The van der Waals surface area contributed by atoms with Crippen molar-refractivity contribution in [2.24, 2.45) is 0 Å². The van der Waals surface area contributed by atoms with Crippen LogP contribution in [0, 0.1) is 0 Å². The molecule has 1 heterocycles. The summed E-state index contributed by atoms with van der Waals surface area (Å²) < 4.78 is 10.7. The summed E-state index contributed by atoms with van der Waals surface area (Å²) >= 11 is 0. The van der Waals surface area contributed by atoms with Crippen molar-refractivity contribution in [3.8, 4) is 11.5 Å². The summed E-state index contributed by atoms with van der Waals surface area (Å²) in [6.07, 6.45) is 5.34. The van der Waals surface area contributed by atoms with Crippen molar-refractivity contribution < 1.29 is 9.47 Å². The van der Waals surface area contributed by atoms with E-state index in [4.69, 9.17) is 9.47 Å². The molecule has 1 N–H and O–H groups in total. The molecule has 0 fully saturated rings. The second kappa shape index (κ2) is 9.11. The van der Waals surface area contributed by atoms with Gasteiger partial charge in [0.15, 0.2) is 0 Å². The van der Waals surface area contributed by atoms with Gasteiger partial charge in [0.2, 0.25) is 0 Å². The van der Waals surface area contributed by atoms with E-state index >= 15 is 0 Å². The number of hydrogen-bond acceptors (Lipinski definition) is 5. The van der Waals surface area contributed by atoms with Crippen LogP contribution in [-0.4, -0.2) is 24.4 Å². The van der Waals surface area contributed by atoms with Gasteiger partial charge in [0, 0.05) is 18.2 Å². The predicted octanol–water partition coefficient (Wildman–Crippen LogP) is 4.40. The van der Waals surface area contributed by atoms with Crippen LogP contribution in [0.4, 0.5) is 5.82 Å². The Labute approximate surface area is 144 Å². The topological polar surface area (TPSA) is 56.3 Å². The first kappa shape index (κ1) is 18.0. The van der Waals surface area contributed by atoms with E-state index in [-0.39, 0.29) is 0 Å². The first-order chi connectivity index (χ1) is 11.7. The molecule has 1 unspecified atom stereocenters. The molecule has 0 radical (unpaired) electrons. The van der Waals surface area contributed by atoms with Crippen LogP contribution in [0.5, 0.6) is 11.5 Å². The van der Waals surface area contributed by atoms with Crippen molar-refractivity contribution in [3.05, 3.63) is 41.6 Å². The number of rotatable bonds is 9. The quantitative estimate of drug-likeness (QED) is 0.739. The SMILES string of the molecule is CCCC(CC)c1cnnc(NCc2ccc(OC)cc2OC)c1. The predicted molar refractivity (Wildman–Crippen MR) is 96.8 cm³/mol. The highest BCUT2D eigenvalue weighted by Gasteiger charge is 2.11. The first-order valence-corrected chi connectivity index (χ1v) is 8.49. The lowest BCUT2D eigenvalue weighted by molar-refractivity contribution is 0.391. The molecule has 1 atom stereocenters. The number of methoxy groups -OCH3 is 2. The van der Waals surface area contributed by atoms with Crippen molar-refractivity contribution in [1.29, 1.82) is 0 Å². The van der Waals surface area contributed by atoms with Crippen molar-refractivity contribution >= 4 is 5.82 Å². The van der Waals surface area contributed by atoms with Crippen LogP contribution in [0.25, 0.3) is 0 Å². The minimum atomic E-state index is 0.543. The Balaban J connectivity index is 2.09. The average molecular weight is 329 g/mol. The van der Waals surface area contributed by atoms with Gasteiger partial charge in [-0.25, -0.2) is 0 Å². The molecule has 0 amide bonds. The maximum absolute atomic E-state index is 5.43. The van der Waals surface area contributed by atoms with Crippen LogP contribution in [0.1, 0.15) is 50.2 Å². The van der Waals surface area contributed by atoms with Gasteiger partial charge in [-0.05, 0) is 42.5 Å². The van der Waals surface area contributed by atoms with E-state index in [1.807, 2.05) is 24.4 Å². The van der Waals surface area contributed by atoms with Crippen molar-refractivity contribution in [3.63, 3.8) is 0 Å². The fourth-order valence-electron chi connectivity index (χ4n) is 2.83. The minimum absolute atomic E-state index is 0.543. The number of ether oxygens (including phenoxy) is 2. The highest BCUT2D eigenvalue weighted by molar-refractivity contribution is 5.44. The van der Waals surface area contributed by atoms with Crippen LogP contribution in [0.2, 0.25) is 0 Å². The van der Waals surface area contributed by atoms with Gasteiger partial charge in [0.25, 0.3) is 0 Å². The summed E-state index contributed by atoms with van der Waals surface area (Å²) in [6.45, 7) is 5.05. The van der Waals surface area contributed by atoms with E-state index in [0.717, 1.165) is 29.3 Å². The third-order valence-corrected chi connectivity index (χ3v) is 4.23. The normalized spacial score (nSPS) is 11.8. The van der Waals surface area contributed by atoms with E-state index in [2.05, 4.69) is 35.4 Å². The van der Waals surface area contributed by atoms with Gasteiger partial charge in [0.05, 0.1) is 20.4 Å². The second-order valence-corrected chi connectivity index (χ2v) is 5.80. The zero-order valence-electron chi connectivity index (χ0n) is 15.0. The van der Waals surface area contributed by atoms with Crippen LogP contribution in [0.3, 0.4) is 0 Å². The molecule has 0 spiro atoms. The van der Waals surface area contributed by atoms with Gasteiger partial charge < -0.3 is 14.8 Å². The summed E-state index contributed by atoms with van der Waals surface area (Å²) in [5, 5.41) is 11.7. The number of benzene rings is 1. The average Bonchev–Trinajstić information content (AvgIpc) is 2.64. The van der Waals surface area contributed by atoms with E-state index in [1.165, 1.54) is 18.4 Å². The van der Waals surface area contributed by atoms with Gasteiger partial charge >= 0.3 is 0 Å². The number of anilines is 1. The van der Waals surface area contributed by atoms with E-state index in [1.54, 1.807) is 14.2 Å².